The summed E-state index contributed by atoms with van der Waals surface area (Å²) in [5, 5.41) is 18.0. The van der Waals surface area contributed by atoms with Crippen molar-refractivity contribution in [1.82, 2.24) is 0 Å². The fourth-order valence-corrected chi connectivity index (χ4v) is 1.52. The minimum absolute atomic E-state index is 0.151. The number of hydrogen-bond acceptors (Lipinski definition) is 3. The van der Waals surface area contributed by atoms with Crippen LogP contribution in [0, 0.1) is 5.92 Å². The fraction of sp³-hybridized carbons (Fsp3) is 0.364. The highest BCUT2D eigenvalue weighted by atomic mass is 16.4. The zero-order valence-electron chi connectivity index (χ0n) is 8.55. The highest BCUT2D eigenvalue weighted by molar-refractivity contribution is 5.76. The number of aliphatic hydroxyl groups is 1. The van der Waals surface area contributed by atoms with Crippen LogP contribution in [0.15, 0.2) is 24.3 Å². The van der Waals surface area contributed by atoms with Gasteiger partial charge in [-0.25, -0.2) is 0 Å². The molecule has 0 aliphatic carbocycles. The van der Waals surface area contributed by atoms with Crippen molar-refractivity contribution in [3.8, 4) is 0 Å². The molecule has 2 atom stereocenters. The van der Waals surface area contributed by atoms with E-state index in [1.54, 1.807) is 31.2 Å². The van der Waals surface area contributed by atoms with Gasteiger partial charge in [0.25, 0.3) is 0 Å². The predicted octanol–water partition coefficient (Wildman–Crippen LogP) is 1.07. The van der Waals surface area contributed by atoms with E-state index >= 15 is 0 Å². The SMILES string of the molecule is CC(CO)C(C(=O)O)c1ccc(N)cc1. The third kappa shape index (κ3) is 2.70. The van der Waals surface area contributed by atoms with Crippen LogP contribution in [0.3, 0.4) is 0 Å². The number of benzene rings is 1. The van der Waals surface area contributed by atoms with Gasteiger partial charge in [-0.2, -0.15) is 0 Å². The van der Waals surface area contributed by atoms with Gasteiger partial charge in [0, 0.05) is 12.3 Å². The quantitative estimate of drug-likeness (QED) is 0.647. The number of aliphatic hydroxyl groups excluding tert-OH is 1. The molecular weight excluding hydrogens is 194 g/mol. The second kappa shape index (κ2) is 4.79. The Morgan fingerprint density at radius 3 is 2.33 bits per heavy atom. The van der Waals surface area contributed by atoms with E-state index in [9.17, 15) is 4.79 Å². The highest BCUT2D eigenvalue weighted by Gasteiger charge is 2.25. The molecular formula is C11H15NO3. The van der Waals surface area contributed by atoms with Crippen LogP contribution in [-0.2, 0) is 4.79 Å². The zero-order chi connectivity index (χ0) is 11.4. The summed E-state index contributed by atoms with van der Waals surface area (Å²) in [5.41, 5.74) is 6.78. The lowest BCUT2D eigenvalue weighted by atomic mass is 9.88. The summed E-state index contributed by atoms with van der Waals surface area (Å²) in [7, 11) is 0. The molecule has 0 aliphatic heterocycles. The zero-order valence-corrected chi connectivity index (χ0v) is 8.55. The van der Waals surface area contributed by atoms with E-state index in [4.69, 9.17) is 15.9 Å². The third-order valence-electron chi connectivity index (χ3n) is 2.42. The summed E-state index contributed by atoms with van der Waals surface area (Å²) in [5.74, 6) is -1.93. The van der Waals surface area contributed by atoms with Crippen LogP contribution in [0.2, 0.25) is 0 Å². The Balaban J connectivity index is 2.99. The van der Waals surface area contributed by atoms with Crippen LogP contribution in [0.4, 0.5) is 5.69 Å². The molecule has 1 rings (SSSR count). The number of anilines is 1. The predicted molar refractivity (Wildman–Crippen MR) is 57.5 cm³/mol. The Hall–Kier alpha value is -1.55. The van der Waals surface area contributed by atoms with Crippen LogP contribution in [0.25, 0.3) is 0 Å². The minimum Gasteiger partial charge on any atom is -0.481 e. The number of nitrogen functional groups attached to an aromatic ring is 1. The molecule has 2 unspecified atom stereocenters. The Morgan fingerprint density at radius 2 is 1.93 bits per heavy atom. The van der Waals surface area contributed by atoms with Crippen LogP contribution in [-0.4, -0.2) is 22.8 Å². The number of rotatable bonds is 4. The highest BCUT2D eigenvalue weighted by Crippen LogP contribution is 2.25. The molecule has 0 radical (unpaired) electrons. The molecule has 4 nitrogen and oxygen atoms in total. The minimum atomic E-state index is -0.929. The molecule has 1 aromatic rings. The smallest absolute Gasteiger partial charge is 0.311 e. The van der Waals surface area contributed by atoms with Crippen molar-refractivity contribution in [3.63, 3.8) is 0 Å². The van der Waals surface area contributed by atoms with E-state index < -0.39 is 11.9 Å². The summed E-state index contributed by atoms with van der Waals surface area (Å²) in [6.07, 6.45) is 0. The number of carboxylic acid groups (broad SMARTS) is 1. The fourth-order valence-electron chi connectivity index (χ4n) is 1.52. The Morgan fingerprint density at radius 1 is 1.40 bits per heavy atom. The summed E-state index contributed by atoms with van der Waals surface area (Å²) >= 11 is 0. The van der Waals surface area contributed by atoms with Gasteiger partial charge in [-0.1, -0.05) is 19.1 Å². The second-order valence-corrected chi connectivity index (χ2v) is 3.64. The molecule has 0 fully saturated rings. The van der Waals surface area contributed by atoms with Gasteiger partial charge in [-0.05, 0) is 23.6 Å². The van der Waals surface area contributed by atoms with Crippen LogP contribution in [0.1, 0.15) is 18.4 Å². The van der Waals surface area contributed by atoms with Gasteiger partial charge in [-0.3, -0.25) is 4.79 Å². The first kappa shape index (κ1) is 11.5. The van der Waals surface area contributed by atoms with E-state index in [0.29, 0.717) is 11.3 Å². The Labute approximate surface area is 88.3 Å². The molecule has 4 heteroatoms. The van der Waals surface area contributed by atoms with Gasteiger partial charge in [0.15, 0.2) is 0 Å². The molecule has 0 aromatic heterocycles. The summed E-state index contributed by atoms with van der Waals surface area (Å²) in [4.78, 5) is 11.0. The normalized spacial score (nSPS) is 14.5. The van der Waals surface area contributed by atoms with Gasteiger partial charge in [0.1, 0.15) is 0 Å². The van der Waals surface area contributed by atoms with Crippen molar-refractivity contribution in [1.29, 1.82) is 0 Å². The summed E-state index contributed by atoms with van der Waals surface area (Å²) in [6.45, 7) is 1.55. The molecule has 0 spiro atoms. The topological polar surface area (TPSA) is 83.5 Å². The molecule has 4 N–H and O–H groups in total. The molecule has 82 valence electrons. The van der Waals surface area contributed by atoms with Crippen molar-refractivity contribution in [2.24, 2.45) is 5.92 Å². The standard InChI is InChI=1S/C11H15NO3/c1-7(6-13)10(11(14)15)8-2-4-9(12)5-3-8/h2-5,7,10,13H,6,12H2,1H3,(H,14,15). The lowest BCUT2D eigenvalue weighted by molar-refractivity contribution is -0.140. The first-order valence-electron chi connectivity index (χ1n) is 4.75. The number of aliphatic carboxylic acids is 1. The molecule has 0 amide bonds. The Bertz CT molecular complexity index is 334. The first-order chi connectivity index (χ1) is 7.06. The van der Waals surface area contributed by atoms with Gasteiger partial charge in [0.2, 0.25) is 0 Å². The van der Waals surface area contributed by atoms with Crippen LogP contribution >= 0.6 is 0 Å². The summed E-state index contributed by atoms with van der Waals surface area (Å²) < 4.78 is 0. The number of hydrogen-bond donors (Lipinski definition) is 3. The number of nitrogens with two attached hydrogens (primary N) is 1. The van der Waals surface area contributed by atoms with E-state index in [1.165, 1.54) is 0 Å². The van der Waals surface area contributed by atoms with Crippen molar-refractivity contribution < 1.29 is 15.0 Å². The van der Waals surface area contributed by atoms with Crippen molar-refractivity contribution in [3.05, 3.63) is 29.8 Å². The maximum atomic E-state index is 11.0. The lowest BCUT2D eigenvalue weighted by Crippen LogP contribution is -2.22. The largest absolute Gasteiger partial charge is 0.481 e. The lowest BCUT2D eigenvalue weighted by Gasteiger charge is -2.18. The van der Waals surface area contributed by atoms with Gasteiger partial charge in [-0.15, -0.1) is 0 Å². The molecule has 0 aliphatic rings. The van der Waals surface area contributed by atoms with Crippen molar-refractivity contribution in [2.45, 2.75) is 12.8 Å². The van der Waals surface area contributed by atoms with Crippen LogP contribution in [0.5, 0.6) is 0 Å². The Kier molecular flexibility index (Phi) is 3.68. The molecule has 0 saturated heterocycles. The third-order valence-corrected chi connectivity index (χ3v) is 2.42. The van der Waals surface area contributed by atoms with Gasteiger partial charge in [0.05, 0.1) is 5.92 Å². The number of carbonyl (C=O) groups is 1. The average molecular weight is 209 g/mol. The molecule has 15 heavy (non-hydrogen) atoms. The average Bonchev–Trinajstić information content (AvgIpc) is 2.20. The maximum absolute atomic E-state index is 11.0. The second-order valence-electron chi connectivity index (χ2n) is 3.64. The van der Waals surface area contributed by atoms with E-state index in [0.717, 1.165) is 0 Å². The van der Waals surface area contributed by atoms with E-state index in [2.05, 4.69) is 0 Å². The van der Waals surface area contributed by atoms with Gasteiger partial charge < -0.3 is 15.9 Å². The van der Waals surface area contributed by atoms with Crippen LogP contribution < -0.4 is 5.73 Å². The van der Waals surface area contributed by atoms with Gasteiger partial charge >= 0.3 is 5.97 Å². The molecule has 1 aromatic carbocycles. The van der Waals surface area contributed by atoms with E-state index in [-0.39, 0.29) is 12.5 Å². The molecule has 0 saturated carbocycles. The van der Waals surface area contributed by atoms with E-state index in [1.807, 2.05) is 0 Å². The first-order valence-corrected chi connectivity index (χ1v) is 4.75. The maximum Gasteiger partial charge on any atom is 0.311 e. The molecule has 0 heterocycles. The number of carboxylic acids is 1. The molecule has 0 bridgehead atoms. The summed E-state index contributed by atoms with van der Waals surface area (Å²) in [6, 6.07) is 6.69. The monoisotopic (exact) mass is 209 g/mol. The van der Waals surface area contributed by atoms with Crippen molar-refractivity contribution in [2.75, 3.05) is 12.3 Å². The van der Waals surface area contributed by atoms with Crippen molar-refractivity contribution >= 4 is 11.7 Å².